The molecule has 3 aromatic rings. The van der Waals surface area contributed by atoms with Crippen LogP contribution >= 0.6 is 0 Å². The number of nitrogens with two attached hydrogens (primary N) is 1. The summed E-state index contributed by atoms with van der Waals surface area (Å²) in [5.41, 5.74) is 8.35. The van der Waals surface area contributed by atoms with Crippen molar-refractivity contribution in [3.8, 4) is 22.6 Å². The van der Waals surface area contributed by atoms with Crippen LogP contribution in [0.3, 0.4) is 0 Å². The van der Waals surface area contributed by atoms with Crippen LogP contribution in [0, 0.1) is 0 Å². The van der Waals surface area contributed by atoms with Gasteiger partial charge in [0.05, 0.1) is 5.56 Å². The van der Waals surface area contributed by atoms with Crippen LogP contribution in [-0.2, 0) is 0 Å². The Morgan fingerprint density at radius 1 is 1.12 bits per heavy atom. The van der Waals surface area contributed by atoms with Gasteiger partial charge < -0.3 is 10.3 Å². The van der Waals surface area contributed by atoms with Gasteiger partial charge in [0.15, 0.2) is 11.6 Å². The SMILES string of the molecule is Nc1noc(-c2ccn[nH]2)c1-c1ccccc1. The molecular formula is C12H10N4O. The normalized spacial score (nSPS) is 10.6. The molecule has 0 saturated carbocycles. The van der Waals surface area contributed by atoms with Crippen LogP contribution in [0.25, 0.3) is 22.6 Å². The number of benzene rings is 1. The summed E-state index contributed by atoms with van der Waals surface area (Å²) in [6, 6.07) is 11.6. The van der Waals surface area contributed by atoms with Gasteiger partial charge in [-0.2, -0.15) is 5.10 Å². The molecule has 84 valence electrons. The lowest BCUT2D eigenvalue weighted by atomic mass is 10.0. The van der Waals surface area contributed by atoms with Crippen molar-refractivity contribution < 1.29 is 4.52 Å². The Hall–Kier alpha value is -2.56. The van der Waals surface area contributed by atoms with Crippen molar-refractivity contribution in [3.05, 3.63) is 42.6 Å². The Balaban J connectivity index is 2.20. The lowest BCUT2D eigenvalue weighted by Crippen LogP contribution is -1.88. The summed E-state index contributed by atoms with van der Waals surface area (Å²) in [6.45, 7) is 0. The monoisotopic (exact) mass is 226 g/mol. The first-order valence-corrected chi connectivity index (χ1v) is 5.16. The maximum absolute atomic E-state index is 5.84. The molecule has 0 aliphatic heterocycles. The number of aromatic amines is 1. The molecule has 0 amide bonds. The molecule has 1 aromatic carbocycles. The second-order valence-corrected chi connectivity index (χ2v) is 3.61. The van der Waals surface area contributed by atoms with Crippen LogP contribution in [-0.4, -0.2) is 15.4 Å². The number of hydrogen-bond acceptors (Lipinski definition) is 4. The molecule has 3 N–H and O–H groups in total. The second-order valence-electron chi connectivity index (χ2n) is 3.61. The van der Waals surface area contributed by atoms with Gasteiger partial charge in [0, 0.05) is 6.20 Å². The maximum atomic E-state index is 5.84. The quantitative estimate of drug-likeness (QED) is 0.702. The maximum Gasteiger partial charge on any atom is 0.194 e. The molecule has 0 bridgehead atoms. The fourth-order valence-corrected chi connectivity index (χ4v) is 1.75. The zero-order chi connectivity index (χ0) is 11.7. The van der Waals surface area contributed by atoms with Crippen molar-refractivity contribution in [2.45, 2.75) is 0 Å². The molecule has 5 heteroatoms. The third-order valence-corrected chi connectivity index (χ3v) is 2.53. The van der Waals surface area contributed by atoms with Crippen molar-refractivity contribution in [1.29, 1.82) is 0 Å². The van der Waals surface area contributed by atoms with Gasteiger partial charge in [0.1, 0.15) is 5.69 Å². The van der Waals surface area contributed by atoms with E-state index in [4.69, 9.17) is 10.3 Å². The third-order valence-electron chi connectivity index (χ3n) is 2.53. The Bertz CT molecular complexity index is 613. The van der Waals surface area contributed by atoms with E-state index < -0.39 is 0 Å². The molecule has 0 radical (unpaired) electrons. The van der Waals surface area contributed by atoms with Gasteiger partial charge in [0.2, 0.25) is 0 Å². The number of nitrogen functional groups attached to an aromatic ring is 1. The lowest BCUT2D eigenvalue weighted by Gasteiger charge is -2.00. The molecule has 0 saturated heterocycles. The molecule has 17 heavy (non-hydrogen) atoms. The highest BCUT2D eigenvalue weighted by Gasteiger charge is 2.17. The molecule has 5 nitrogen and oxygen atoms in total. The van der Waals surface area contributed by atoms with Crippen LogP contribution in [0.5, 0.6) is 0 Å². The smallest absolute Gasteiger partial charge is 0.194 e. The predicted molar refractivity (Wildman–Crippen MR) is 63.9 cm³/mol. The summed E-state index contributed by atoms with van der Waals surface area (Å²) >= 11 is 0. The molecule has 0 fully saturated rings. The standard InChI is InChI=1S/C12H10N4O/c13-12-10(8-4-2-1-3-5-8)11(17-16-12)9-6-7-14-15-9/h1-7H,(H2,13,16)(H,14,15). The van der Waals surface area contributed by atoms with Gasteiger partial charge >= 0.3 is 0 Å². The number of nitrogens with one attached hydrogen (secondary N) is 1. The first-order valence-electron chi connectivity index (χ1n) is 5.16. The first kappa shape index (κ1) is 9.65. The van der Waals surface area contributed by atoms with E-state index in [0.29, 0.717) is 11.6 Å². The van der Waals surface area contributed by atoms with E-state index in [-0.39, 0.29) is 0 Å². The third kappa shape index (κ3) is 1.57. The van der Waals surface area contributed by atoms with E-state index in [1.54, 1.807) is 6.20 Å². The van der Waals surface area contributed by atoms with E-state index in [0.717, 1.165) is 16.8 Å². The number of H-pyrrole nitrogens is 1. The van der Waals surface area contributed by atoms with E-state index in [1.807, 2.05) is 36.4 Å². The van der Waals surface area contributed by atoms with Crippen LogP contribution in [0.15, 0.2) is 47.1 Å². The lowest BCUT2D eigenvalue weighted by molar-refractivity contribution is 0.435. The number of nitrogens with zero attached hydrogens (tertiary/aromatic N) is 2. The zero-order valence-corrected chi connectivity index (χ0v) is 8.92. The molecule has 2 aromatic heterocycles. The molecule has 0 atom stereocenters. The van der Waals surface area contributed by atoms with Crippen molar-refractivity contribution in [2.75, 3.05) is 5.73 Å². The van der Waals surface area contributed by atoms with Gasteiger partial charge in [-0.05, 0) is 11.6 Å². The van der Waals surface area contributed by atoms with Gasteiger partial charge in [-0.15, -0.1) is 0 Å². The molecule has 0 aliphatic rings. The Kier molecular flexibility index (Phi) is 2.15. The van der Waals surface area contributed by atoms with Crippen molar-refractivity contribution in [2.24, 2.45) is 0 Å². The van der Waals surface area contributed by atoms with Gasteiger partial charge in [-0.25, -0.2) is 0 Å². The van der Waals surface area contributed by atoms with Gasteiger partial charge in [-0.1, -0.05) is 35.5 Å². The highest BCUT2D eigenvalue weighted by molar-refractivity contribution is 5.85. The number of rotatable bonds is 2. The fourth-order valence-electron chi connectivity index (χ4n) is 1.75. The summed E-state index contributed by atoms with van der Waals surface area (Å²) in [5.74, 6) is 0.979. The van der Waals surface area contributed by atoms with E-state index in [9.17, 15) is 0 Å². The first-order chi connectivity index (χ1) is 8.36. The Labute approximate surface area is 97.2 Å². The topological polar surface area (TPSA) is 80.7 Å². The predicted octanol–water partition coefficient (Wildman–Crippen LogP) is 2.31. The van der Waals surface area contributed by atoms with Crippen LogP contribution in [0.1, 0.15) is 0 Å². The summed E-state index contributed by atoms with van der Waals surface area (Å²) in [4.78, 5) is 0. The summed E-state index contributed by atoms with van der Waals surface area (Å²) in [7, 11) is 0. The number of anilines is 1. The average Bonchev–Trinajstić information content (AvgIpc) is 2.98. The van der Waals surface area contributed by atoms with Crippen molar-refractivity contribution in [1.82, 2.24) is 15.4 Å². The molecule has 0 aliphatic carbocycles. The second kappa shape index (κ2) is 3.79. The summed E-state index contributed by atoms with van der Waals surface area (Å²) < 4.78 is 5.25. The molecule has 0 unspecified atom stereocenters. The van der Waals surface area contributed by atoms with E-state index in [1.165, 1.54) is 0 Å². The largest absolute Gasteiger partial charge is 0.380 e. The Morgan fingerprint density at radius 2 is 1.94 bits per heavy atom. The van der Waals surface area contributed by atoms with Crippen LogP contribution in [0.4, 0.5) is 5.82 Å². The van der Waals surface area contributed by atoms with Crippen LogP contribution < -0.4 is 5.73 Å². The number of hydrogen-bond donors (Lipinski definition) is 2. The summed E-state index contributed by atoms with van der Waals surface area (Å²) in [6.07, 6.45) is 1.66. The minimum absolute atomic E-state index is 0.376. The minimum Gasteiger partial charge on any atom is -0.380 e. The zero-order valence-electron chi connectivity index (χ0n) is 8.92. The number of aromatic nitrogens is 3. The fraction of sp³-hybridized carbons (Fsp3) is 0. The van der Waals surface area contributed by atoms with Crippen LogP contribution in [0.2, 0.25) is 0 Å². The van der Waals surface area contributed by atoms with E-state index in [2.05, 4.69) is 15.4 Å². The van der Waals surface area contributed by atoms with Crippen molar-refractivity contribution in [3.63, 3.8) is 0 Å². The molecular weight excluding hydrogens is 216 g/mol. The summed E-state index contributed by atoms with van der Waals surface area (Å²) in [5, 5.41) is 10.5. The molecule has 3 rings (SSSR count). The highest BCUT2D eigenvalue weighted by atomic mass is 16.5. The van der Waals surface area contributed by atoms with Gasteiger partial charge in [0.25, 0.3) is 0 Å². The van der Waals surface area contributed by atoms with Gasteiger partial charge in [-0.3, -0.25) is 5.10 Å². The van der Waals surface area contributed by atoms with Crippen molar-refractivity contribution >= 4 is 5.82 Å². The minimum atomic E-state index is 0.376. The Morgan fingerprint density at radius 3 is 2.65 bits per heavy atom. The highest BCUT2D eigenvalue weighted by Crippen LogP contribution is 2.35. The van der Waals surface area contributed by atoms with E-state index >= 15 is 0 Å². The molecule has 2 heterocycles. The average molecular weight is 226 g/mol. The molecule has 0 spiro atoms.